The molecular weight excluding hydrogens is 356 g/mol. The van der Waals surface area contributed by atoms with Crippen molar-refractivity contribution in [3.8, 4) is 11.5 Å². The van der Waals surface area contributed by atoms with Crippen LogP contribution in [-0.2, 0) is 11.2 Å². The minimum absolute atomic E-state index is 0.213. The van der Waals surface area contributed by atoms with Crippen LogP contribution in [0.2, 0.25) is 5.02 Å². The van der Waals surface area contributed by atoms with Crippen molar-refractivity contribution in [2.24, 2.45) is 0 Å². The van der Waals surface area contributed by atoms with Crippen LogP contribution in [0.5, 0.6) is 11.5 Å². The van der Waals surface area contributed by atoms with Gasteiger partial charge in [-0.25, -0.2) is 0 Å². The first-order valence-electron chi connectivity index (χ1n) is 8.62. The molecule has 0 aromatic heterocycles. The minimum Gasteiger partial charge on any atom is -0.486 e. The first-order chi connectivity index (χ1) is 12.6. The van der Waals surface area contributed by atoms with Crippen molar-refractivity contribution in [3.05, 3.63) is 58.1 Å². The minimum atomic E-state index is -0.793. The Hall–Kier alpha value is -2.08. The van der Waals surface area contributed by atoms with Crippen LogP contribution in [0, 0.1) is 0 Å². The maximum absolute atomic E-state index is 12.6. The Morgan fingerprint density at radius 3 is 2.65 bits per heavy atom. The molecule has 1 N–H and O–H groups in total. The fourth-order valence-electron chi connectivity index (χ4n) is 3.27. The Labute approximate surface area is 156 Å². The predicted molar refractivity (Wildman–Crippen MR) is 96.4 cm³/mol. The summed E-state index contributed by atoms with van der Waals surface area (Å²) < 4.78 is 16.5. The maximum Gasteiger partial charge on any atom is 0.194 e. The van der Waals surface area contributed by atoms with E-state index in [9.17, 15) is 9.90 Å². The van der Waals surface area contributed by atoms with E-state index in [0.717, 1.165) is 22.6 Å². The number of benzene rings is 2. The molecule has 2 heterocycles. The summed E-state index contributed by atoms with van der Waals surface area (Å²) in [4.78, 5) is 12.6. The smallest absolute Gasteiger partial charge is 0.194 e. The van der Waals surface area contributed by atoms with Crippen LogP contribution in [0.4, 0.5) is 0 Å². The van der Waals surface area contributed by atoms with Gasteiger partial charge in [-0.3, -0.25) is 4.79 Å². The van der Waals surface area contributed by atoms with Gasteiger partial charge < -0.3 is 19.3 Å². The lowest BCUT2D eigenvalue weighted by atomic mass is 9.97. The standard InChI is InChI=1S/C20H19ClO5/c21-15-3-2-13(19(23)20-16(22)5-6-26-20)11-14(15)9-12-1-4-17-18(10-12)25-8-7-24-17/h1-4,10-11,16,20,22H,5-9H2. The number of aliphatic hydroxyl groups excluding tert-OH is 1. The molecule has 0 saturated carbocycles. The van der Waals surface area contributed by atoms with Gasteiger partial charge in [0.05, 0.1) is 12.7 Å². The second-order valence-electron chi connectivity index (χ2n) is 6.47. The number of ether oxygens (including phenoxy) is 3. The van der Waals surface area contributed by atoms with Gasteiger partial charge in [0, 0.05) is 10.6 Å². The summed E-state index contributed by atoms with van der Waals surface area (Å²) in [6, 6.07) is 10.9. The number of Topliss-reactive ketones (excluding diaryl/α,β-unsaturated/α-hetero) is 1. The van der Waals surface area contributed by atoms with Crippen molar-refractivity contribution < 1.29 is 24.1 Å². The zero-order chi connectivity index (χ0) is 18.1. The fraction of sp³-hybridized carbons (Fsp3) is 0.350. The van der Waals surface area contributed by atoms with Crippen LogP contribution in [-0.4, -0.2) is 42.9 Å². The third-order valence-electron chi connectivity index (χ3n) is 4.65. The van der Waals surface area contributed by atoms with E-state index in [1.165, 1.54) is 0 Å². The normalized spacial score (nSPS) is 21.6. The van der Waals surface area contributed by atoms with E-state index in [1.807, 2.05) is 18.2 Å². The molecule has 4 rings (SSSR count). The second kappa shape index (κ2) is 7.27. The van der Waals surface area contributed by atoms with E-state index in [-0.39, 0.29) is 5.78 Å². The Morgan fingerprint density at radius 2 is 1.88 bits per heavy atom. The van der Waals surface area contributed by atoms with Crippen LogP contribution in [0.3, 0.4) is 0 Å². The largest absolute Gasteiger partial charge is 0.486 e. The lowest BCUT2D eigenvalue weighted by Gasteiger charge is -2.19. The summed E-state index contributed by atoms with van der Waals surface area (Å²) in [6.07, 6.45) is -0.503. The van der Waals surface area contributed by atoms with Crippen LogP contribution in [0.25, 0.3) is 0 Å². The lowest BCUT2D eigenvalue weighted by molar-refractivity contribution is 0.0355. The van der Waals surface area contributed by atoms with Gasteiger partial charge in [-0.2, -0.15) is 0 Å². The Bertz CT molecular complexity index is 835. The Kier molecular flexibility index (Phi) is 4.85. The Morgan fingerprint density at radius 1 is 1.08 bits per heavy atom. The summed E-state index contributed by atoms with van der Waals surface area (Å²) in [5, 5.41) is 10.5. The third-order valence-corrected chi connectivity index (χ3v) is 5.02. The van der Waals surface area contributed by atoms with Gasteiger partial charge in [-0.1, -0.05) is 17.7 Å². The molecule has 2 atom stereocenters. The molecular formula is C20H19ClO5. The molecule has 0 bridgehead atoms. The van der Waals surface area contributed by atoms with Crippen molar-refractivity contribution in [2.45, 2.75) is 25.0 Å². The lowest BCUT2D eigenvalue weighted by Crippen LogP contribution is -2.30. The van der Waals surface area contributed by atoms with Gasteiger partial charge in [-0.15, -0.1) is 0 Å². The number of carbonyl (C=O) groups is 1. The van der Waals surface area contributed by atoms with E-state index in [2.05, 4.69) is 0 Å². The Balaban J connectivity index is 1.57. The molecule has 0 spiro atoms. The van der Waals surface area contributed by atoms with E-state index >= 15 is 0 Å². The van der Waals surface area contributed by atoms with Crippen LogP contribution < -0.4 is 9.47 Å². The molecule has 2 unspecified atom stereocenters. The molecule has 2 aliphatic heterocycles. The highest BCUT2D eigenvalue weighted by molar-refractivity contribution is 6.31. The van der Waals surface area contributed by atoms with Crippen LogP contribution >= 0.6 is 11.6 Å². The SMILES string of the molecule is O=C(c1ccc(Cl)c(Cc2ccc3c(c2)OCCO3)c1)C1OCCC1O. The molecule has 1 fully saturated rings. The van der Waals surface area contributed by atoms with Gasteiger partial charge in [-0.05, 0) is 54.3 Å². The molecule has 136 valence electrons. The zero-order valence-corrected chi connectivity index (χ0v) is 14.9. The van der Waals surface area contributed by atoms with Crippen molar-refractivity contribution >= 4 is 17.4 Å². The van der Waals surface area contributed by atoms with Crippen molar-refractivity contribution in [1.29, 1.82) is 0 Å². The quantitative estimate of drug-likeness (QED) is 0.833. The molecule has 0 radical (unpaired) electrons. The summed E-state index contributed by atoms with van der Waals surface area (Å²) >= 11 is 6.33. The van der Waals surface area contributed by atoms with Gasteiger partial charge in [0.15, 0.2) is 17.3 Å². The number of rotatable bonds is 4. The molecule has 26 heavy (non-hydrogen) atoms. The summed E-state index contributed by atoms with van der Waals surface area (Å²) in [6.45, 7) is 1.48. The number of ketones is 1. The zero-order valence-electron chi connectivity index (χ0n) is 14.1. The van der Waals surface area contributed by atoms with E-state index in [4.69, 9.17) is 25.8 Å². The summed E-state index contributed by atoms with van der Waals surface area (Å²) in [7, 11) is 0. The molecule has 0 aliphatic carbocycles. The van der Waals surface area contributed by atoms with Gasteiger partial charge in [0.2, 0.25) is 0 Å². The van der Waals surface area contributed by atoms with Gasteiger partial charge in [0.25, 0.3) is 0 Å². The highest BCUT2D eigenvalue weighted by Gasteiger charge is 2.33. The second-order valence-corrected chi connectivity index (χ2v) is 6.88. The van der Waals surface area contributed by atoms with Crippen molar-refractivity contribution in [1.82, 2.24) is 0 Å². The monoisotopic (exact) mass is 374 g/mol. The van der Waals surface area contributed by atoms with Crippen LogP contribution in [0.1, 0.15) is 27.9 Å². The predicted octanol–water partition coefficient (Wildman–Crippen LogP) is 3.03. The average Bonchev–Trinajstić information content (AvgIpc) is 3.09. The van der Waals surface area contributed by atoms with Crippen LogP contribution in [0.15, 0.2) is 36.4 Å². The fourth-order valence-corrected chi connectivity index (χ4v) is 3.46. The van der Waals surface area contributed by atoms with E-state index in [0.29, 0.717) is 43.2 Å². The maximum atomic E-state index is 12.6. The highest BCUT2D eigenvalue weighted by atomic mass is 35.5. The first kappa shape index (κ1) is 17.3. The number of fused-ring (bicyclic) bond motifs is 1. The van der Waals surface area contributed by atoms with Crippen molar-refractivity contribution in [2.75, 3.05) is 19.8 Å². The third kappa shape index (κ3) is 3.43. The van der Waals surface area contributed by atoms with Gasteiger partial charge in [0.1, 0.15) is 19.3 Å². The molecule has 2 aromatic carbocycles. The molecule has 6 heteroatoms. The molecule has 2 aromatic rings. The number of halogens is 1. The molecule has 0 amide bonds. The average molecular weight is 375 g/mol. The number of hydrogen-bond donors (Lipinski definition) is 1. The molecule has 5 nitrogen and oxygen atoms in total. The number of hydrogen-bond acceptors (Lipinski definition) is 5. The number of carbonyl (C=O) groups excluding carboxylic acids is 1. The highest BCUT2D eigenvalue weighted by Crippen LogP contribution is 2.32. The first-order valence-corrected chi connectivity index (χ1v) is 9.00. The molecule has 1 saturated heterocycles. The molecule has 2 aliphatic rings. The summed E-state index contributed by atoms with van der Waals surface area (Å²) in [5.74, 6) is 1.25. The summed E-state index contributed by atoms with van der Waals surface area (Å²) in [5.41, 5.74) is 2.34. The topological polar surface area (TPSA) is 65.0 Å². The number of aliphatic hydroxyl groups is 1. The van der Waals surface area contributed by atoms with Crippen molar-refractivity contribution in [3.63, 3.8) is 0 Å². The van der Waals surface area contributed by atoms with Gasteiger partial charge >= 0.3 is 0 Å². The van der Waals surface area contributed by atoms with E-state index < -0.39 is 12.2 Å². The van der Waals surface area contributed by atoms with E-state index in [1.54, 1.807) is 18.2 Å².